The van der Waals surface area contributed by atoms with Gasteiger partial charge in [-0.1, -0.05) is 339 Å². The second-order valence-electron chi connectivity index (χ2n) is 25.2. The number of unbranched alkanes of at least 4 members (excludes halogenated alkanes) is 44. The van der Waals surface area contributed by atoms with Gasteiger partial charge in [0.1, 0.15) is 13.2 Å². The van der Waals surface area contributed by atoms with Crippen LogP contribution in [0.5, 0.6) is 0 Å². The summed E-state index contributed by atoms with van der Waals surface area (Å²) in [5.41, 5.74) is 0. The van der Waals surface area contributed by atoms with Gasteiger partial charge in [0.05, 0.1) is 39.9 Å². The number of nitrogens with one attached hydrogen (secondary N) is 1. The Morgan fingerprint density at radius 3 is 1.10 bits per heavy atom. The monoisotopic (exact) mass is 1150 g/mol. The number of quaternary nitrogens is 1. The quantitative estimate of drug-likeness (QED) is 0.0243. The molecule has 0 saturated heterocycles. The molecule has 0 aliphatic heterocycles. The number of rotatable bonds is 65. The second kappa shape index (κ2) is 62.0. The van der Waals surface area contributed by atoms with Crippen LogP contribution in [0.3, 0.4) is 0 Å². The van der Waals surface area contributed by atoms with E-state index >= 15 is 0 Å². The van der Waals surface area contributed by atoms with Gasteiger partial charge < -0.3 is 19.8 Å². The number of likely N-dealkylation sites (N-methyl/N-ethyl adjacent to an activating group) is 1. The molecule has 0 rings (SSSR count). The predicted octanol–water partition coefficient (Wildman–Crippen LogP) is 22.2. The summed E-state index contributed by atoms with van der Waals surface area (Å²) in [6.07, 6.45) is 83.6. The van der Waals surface area contributed by atoms with Crippen LogP contribution < -0.4 is 5.32 Å². The first kappa shape index (κ1) is 78.5. The van der Waals surface area contributed by atoms with Gasteiger partial charge in [-0.05, 0) is 51.4 Å². The van der Waals surface area contributed by atoms with Crippen LogP contribution >= 0.6 is 7.82 Å². The number of amides is 1. The standard InChI is InChI=1S/C71H137N2O6P/c1-6-8-10-12-14-16-18-20-22-24-26-28-30-32-33-34-35-36-37-38-39-41-43-45-47-49-51-53-55-57-59-61-63-65-71(75)72-69(68-79-80(76,77)78-67-66-73(3,4)5)70(74)64-62-60-58-56-54-52-50-48-46-44-42-40-31-29-27-25-23-21-19-17-15-13-11-9-7-2/h8,10,14,16,20,22,26,28,69-70,74H,6-7,9,11-13,15,17-19,21,23-25,27,29-68H2,1-5H3,(H-,72,75,76,77)/p+1/b10-8-,16-14-,22-20-,28-26-. The maximum atomic E-state index is 13.1. The van der Waals surface area contributed by atoms with E-state index in [4.69, 9.17) is 9.05 Å². The molecular formula is C71H138N2O6P+. The Bertz CT molecular complexity index is 1440. The highest BCUT2D eigenvalue weighted by atomic mass is 31.2. The molecule has 0 aromatic rings. The van der Waals surface area contributed by atoms with Gasteiger partial charge in [-0.2, -0.15) is 0 Å². The molecule has 0 aromatic heterocycles. The van der Waals surface area contributed by atoms with Gasteiger partial charge in [0.25, 0.3) is 0 Å². The SMILES string of the molecule is CC/C=C\C/C=C\C/C=C\C/C=C\CCCCCCCCCCCCCCCCCCCCCCC(=O)NC(COP(=O)(O)OCC[N+](C)(C)C)C(O)CCCCCCCCCCCCCCCCCCCCCCCCCCC. The smallest absolute Gasteiger partial charge is 0.391 e. The molecule has 0 radical (unpaired) electrons. The highest BCUT2D eigenvalue weighted by Gasteiger charge is 2.28. The lowest BCUT2D eigenvalue weighted by Crippen LogP contribution is -2.46. The van der Waals surface area contributed by atoms with Crippen molar-refractivity contribution in [1.82, 2.24) is 5.32 Å². The van der Waals surface area contributed by atoms with Crippen LogP contribution in [0.1, 0.15) is 348 Å². The molecule has 9 heteroatoms. The lowest BCUT2D eigenvalue weighted by atomic mass is 10.0. The lowest BCUT2D eigenvalue weighted by Gasteiger charge is -2.26. The summed E-state index contributed by atoms with van der Waals surface area (Å²) in [5, 5.41) is 14.2. The second-order valence-corrected chi connectivity index (χ2v) is 26.7. The van der Waals surface area contributed by atoms with Crippen LogP contribution in [-0.4, -0.2) is 73.4 Å². The van der Waals surface area contributed by atoms with Crippen molar-refractivity contribution < 1.29 is 32.9 Å². The third-order valence-electron chi connectivity index (χ3n) is 16.1. The van der Waals surface area contributed by atoms with Crippen LogP contribution in [0.2, 0.25) is 0 Å². The molecule has 0 spiro atoms. The van der Waals surface area contributed by atoms with Crippen LogP contribution in [0.25, 0.3) is 0 Å². The molecule has 0 aliphatic carbocycles. The molecule has 3 N–H and O–H groups in total. The molecule has 0 bridgehead atoms. The zero-order chi connectivity index (χ0) is 58.4. The van der Waals surface area contributed by atoms with E-state index in [1.807, 2.05) is 21.1 Å². The highest BCUT2D eigenvalue weighted by molar-refractivity contribution is 7.47. The molecule has 0 heterocycles. The molecule has 8 nitrogen and oxygen atoms in total. The molecule has 0 aliphatic rings. The molecule has 3 unspecified atom stereocenters. The number of aliphatic hydroxyl groups excluding tert-OH is 1. The summed E-state index contributed by atoms with van der Waals surface area (Å²) in [7, 11) is 1.63. The van der Waals surface area contributed by atoms with Crippen molar-refractivity contribution in [2.24, 2.45) is 0 Å². The van der Waals surface area contributed by atoms with Gasteiger partial charge in [-0.25, -0.2) is 4.57 Å². The van der Waals surface area contributed by atoms with Gasteiger partial charge in [0.15, 0.2) is 0 Å². The Balaban J connectivity index is 3.99. The minimum absolute atomic E-state index is 0.0763. The van der Waals surface area contributed by atoms with E-state index in [-0.39, 0.29) is 19.1 Å². The molecule has 0 fully saturated rings. The Morgan fingerprint density at radius 1 is 0.438 bits per heavy atom. The van der Waals surface area contributed by atoms with Gasteiger partial charge in [-0.15, -0.1) is 0 Å². The Labute approximate surface area is 499 Å². The fraction of sp³-hybridized carbons (Fsp3) is 0.873. The van der Waals surface area contributed by atoms with Gasteiger partial charge >= 0.3 is 7.82 Å². The van der Waals surface area contributed by atoms with E-state index in [1.54, 1.807) is 0 Å². The van der Waals surface area contributed by atoms with E-state index in [1.165, 1.54) is 257 Å². The topological polar surface area (TPSA) is 105 Å². The van der Waals surface area contributed by atoms with Crippen molar-refractivity contribution in [3.63, 3.8) is 0 Å². The Kier molecular flexibility index (Phi) is 60.8. The number of aliphatic hydroxyl groups is 1. The molecule has 3 atom stereocenters. The Morgan fingerprint density at radius 2 is 0.750 bits per heavy atom. The van der Waals surface area contributed by atoms with E-state index in [0.29, 0.717) is 23.9 Å². The van der Waals surface area contributed by atoms with Crippen molar-refractivity contribution in [2.45, 2.75) is 360 Å². The largest absolute Gasteiger partial charge is 0.472 e. The number of carbonyl (C=O) groups excluding carboxylic acids is 1. The maximum Gasteiger partial charge on any atom is 0.472 e. The fourth-order valence-corrected chi connectivity index (χ4v) is 11.4. The molecule has 80 heavy (non-hydrogen) atoms. The zero-order valence-electron chi connectivity index (χ0n) is 54.1. The van der Waals surface area contributed by atoms with Crippen molar-refractivity contribution in [2.75, 3.05) is 40.9 Å². The van der Waals surface area contributed by atoms with Crippen LogP contribution in [-0.2, 0) is 18.4 Å². The minimum atomic E-state index is -4.33. The van der Waals surface area contributed by atoms with Crippen molar-refractivity contribution >= 4 is 13.7 Å². The number of carbonyl (C=O) groups is 1. The third-order valence-corrected chi connectivity index (χ3v) is 17.1. The number of allylic oxidation sites excluding steroid dienone is 8. The number of nitrogens with zero attached hydrogens (tertiary/aromatic N) is 1. The Hall–Kier alpha value is -1.54. The minimum Gasteiger partial charge on any atom is -0.391 e. The van der Waals surface area contributed by atoms with Gasteiger partial charge in [-0.3, -0.25) is 13.8 Å². The zero-order valence-corrected chi connectivity index (χ0v) is 55.0. The van der Waals surface area contributed by atoms with Crippen molar-refractivity contribution in [3.05, 3.63) is 48.6 Å². The number of hydrogen-bond acceptors (Lipinski definition) is 5. The molecule has 0 aromatic carbocycles. The first-order chi connectivity index (χ1) is 39.0. The van der Waals surface area contributed by atoms with E-state index < -0.39 is 20.0 Å². The fourth-order valence-electron chi connectivity index (χ4n) is 10.7. The maximum absolute atomic E-state index is 13.1. The van der Waals surface area contributed by atoms with Gasteiger partial charge in [0.2, 0.25) is 5.91 Å². The van der Waals surface area contributed by atoms with E-state index in [2.05, 4.69) is 67.8 Å². The van der Waals surface area contributed by atoms with Crippen molar-refractivity contribution in [3.8, 4) is 0 Å². The van der Waals surface area contributed by atoms with Gasteiger partial charge in [0, 0.05) is 6.42 Å². The first-order valence-corrected chi connectivity index (χ1v) is 36.5. The highest BCUT2D eigenvalue weighted by Crippen LogP contribution is 2.43. The normalized spacial score (nSPS) is 13.9. The predicted molar refractivity (Wildman–Crippen MR) is 351 cm³/mol. The van der Waals surface area contributed by atoms with E-state index in [0.717, 1.165) is 64.2 Å². The lowest BCUT2D eigenvalue weighted by molar-refractivity contribution is -0.870. The molecule has 0 saturated carbocycles. The van der Waals surface area contributed by atoms with Crippen LogP contribution in [0.4, 0.5) is 0 Å². The molecule has 1 amide bonds. The number of phosphoric acid groups is 1. The summed E-state index contributed by atoms with van der Waals surface area (Å²) < 4.78 is 23.9. The average molecular weight is 1150 g/mol. The first-order valence-electron chi connectivity index (χ1n) is 35.0. The summed E-state index contributed by atoms with van der Waals surface area (Å²) in [6.45, 7) is 4.83. The van der Waals surface area contributed by atoms with Crippen LogP contribution in [0, 0.1) is 0 Å². The summed E-state index contributed by atoms with van der Waals surface area (Å²) in [4.78, 5) is 23.5. The molecule has 472 valence electrons. The summed E-state index contributed by atoms with van der Waals surface area (Å²) >= 11 is 0. The average Bonchev–Trinajstić information content (AvgIpc) is 3.42. The third kappa shape index (κ3) is 64.0. The van der Waals surface area contributed by atoms with E-state index in [9.17, 15) is 19.4 Å². The molecular weight excluding hydrogens is 1010 g/mol. The summed E-state index contributed by atoms with van der Waals surface area (Å²) in [5.74, 6) is -0.137. The van der Waals surface area contributed by atoms with Crippen molar-refractivity contribution in [1.29, 1.82) is 0 Å². The van der Waals surface area contributed by atoms with Crippen LogP contribution in [0.15, 0.2) is 48.6 Å². The summed E-state index contributed by atoms with van der Waals surface area (Å²) in [6, 6.07) is -0.761. The number of phosphoric ester groups is 1. The number of hydrogen-bond donors (Lipinski definition) is 3.